The number of benzene rings is 1. The number of thioether (sulfide) groups is 1. The fraction of sp³-hybridized carbons (Fsp3) is 0.286. The van der Waals surface area contributed by atoms with Crippen LogP contribution in [-0.4, -0.2) is 24.1 Å². The molecule has 0 saturated carbocycles. The van der Waals surface area contributed by atoms with Gasteiger partial charge in [0.2, 0.25) is 0 Å². The number of hydrogen-bond acceptors (Lipinski definition) is 5. The highest BCUT2D eigenvalue weighted by molar-refractivity contribution is 7.98. The predicted octanol–water partition coefficient (Wildman–Crippen LogP) is 3.10. The lowest BCUT2D eigenvalue weighted by Crippen LogP contribution is -2.03. The fourth-order valence-corrected chi connectivity index (χ4v) is 2.47. The number of nitrogens with one attached hydrogen (secondary N) is 1. The van der Waals surface area contributed by atoms with E-state index in [-0.39, 0.29) is 5.82 Å². The molecule has 0 aliphatic carbocycles. The Morgan fingerprint density at radius 2 is 2.10 bits per heavy atom. The monoisotopic (exact) mass is 293 g/mol. The predicted molar refractivity (Wildman–Crippen MR) is 78.3 cm³/mol. The van der Waals surface area contributed by atoms with Crippen molar-refractivity contribution >= 4 is 17.6 Å². The zero-order chi connectivity index (χ0) is 14.4. The Hall–Kier alpha value is -1.66. The van der Waals surface area contributed by atoms with Crippen LogP contribution in [0.3, 0.4) is 0 Å². The van der Waals surface area contributed by atoms with Gasteiger partial charge in [-0.15, -0.1) is 11.8 Å². The van der Waals surface area contributed by atoms with Gasteiger partial charge < -0.3 is 10.1 Å². The van der Waals surface area contributed by atoms with E-state index < -0.39 is 0 Å². The molecule has 1 heterocycles. The van der Waals surface area contributed by atoms with Gasteiger partial charge in [0.25, 0.3) is 0 Å². The summed E-state index contributed by atoms with van der Waals surface area (Å²) in [5, 5.41) is 2.99. The SMILES string of the molecule is CNc1cc(COC)nc(CSc2ccccc2F)n1. The third-order valence-corrected chi connectivity index (χ3v) is 3.61. The fourth-order valence-electron chi connectivity index (χ4n) is 1.67. The van der Waals surface area contributed by atoms with Crippen LogP contribution >= 0.6 is 11.8 Å². The van der Waals surface area contributed by atoms with E-state index in [1.165, 1.54) is 17.8 Å². The quantitative estimate of drug-likeness (QED) is 0.829. The van der Waals surface area contributed by atoms with Crippen LogP contribution in [0.15, 0.2) is 35.2 Å². The molecule has 2 rings (SSSR count). The van der Waals surface area contributed by atoms with Crippen molar-refractivity contribution in [3.63, 3.8) is 0 Å². The average Bonchev–Trinajstić information content (AvgIpc) is 2.46. The largest absolute Gasteiger partial charge is 0.378 e. The lowest BCUT2D eigenvalue weighted by atomic mass is 10.3. The molecule has 0 saturated heterocycles. The van der Waals surface area contributed by atoms with E-state index in [0.717, 1.165) is 11.5 Å². The number of nitrogens with zero attached hydrogens (tertiary/aromatic N) is 2. The van der Waals surface area contributed by atoms with Gasteiger partial charge in [-0.1, -0.05) is 12.1 Å². The van der Waals surface area contributed by atoms with Crippen LogP contribution in [0.25, 0.3) is 0 Å². The molecule has 1 aromatic carbocycles. The highest BCUT2D eigenvalue weighted by Gasteiger charge is 2.07. The minimum atomic E-state index is -0.223. The standard InChI is InChI=1S/C14H16FN3OS/c1-16-13-7-10(8-19-2)17-14(18-13)9-20-12-6-4-3-5-11(12)15/h3-7H,8-9H2,1-2H3,(H,16,17,18). The third-order valence-electron chi connectivity index (χ3n) is 2.57. The molecule has 1 N–H and O–H groups in total. The van der Waals surface area contributed by atoms with Crippen LogP contribution in [0.2, 0.25) is 0 Å². The van der Waals surface area contributed by atoms with Gasteiger partial charge in [-0.3, -0.25) is 0 Å². The van der Waals surface area contributed by atoms with Gasteiger partial charge in [0.1, 0.15) is 17.5 Å². The van der Waals surface area contributed by atoms with Crippen molar-refractivity contribution in [1.82, 2.24) is 9.97 Å². The number of hydrogen-bond donors (Lipinski definition) is 1. The molecule has 20 heavy (non-hydrogen) atoms. The highest BCUT2D eigenvalue weighted by Crippen LogP contribution is 2.24. The van der Waals surface area contributed by atoms with E-state index in [4.69, 9.17) is 4.74 Å². The third kappa shape index (κ3) is 3.91. The maximum Gasteiger partial charge on any atom is 0.141 e. The van der Waals surface area contributed by atoms with Gasteiger partial charge in [-0.05, 0) is 12.1 Å². The van der Waals surface area contributed by atoms with Gasteiger partial charge >= 0.3 is 0 Å². The molecule has 0 aliphatic rings. The van der Waals surface area contributed by atoms with Crippen LogP contribution in [0.1, 0.15) is 11.5 Å². The molecule has 6 heteroatoms. The average molecular weight is 293 g/mol. The Bertz CT molecular complexity index is 580. The first kappa shape index (κ1) is 14.7. The van der Waals surface area contributed by atoms with Crippen molar-refractivity contribution in [2.75, 3.05) is 19.5 Å². The molecule has 0 atom stereocenters. The summed E-state index contributed by atoms with van der Waals surface area (Å²) in [6.07, 6.45) is 0. The summed E-state index contributed by atoms with van der Waals surface area (Å²) < 4.78 is 18.6. The smallest absolute Gasteiger partial charge is 0.141 e. The number of ether oxygens (including phenoxy) is 1. The molecular weight excluding hydrogens is 277 g/mol. The first-order valence-electron chi connectivity index (χ1n) is 6.13. The Kier molecular flexibility index (Phi) is 5.31. The zero-order valence-electron chi connectivity index (χ0n) is 11.4. The second-order valence-electron chi connectivity index (χ2n) is 4.06. The topological polar surface area (TPSA) is 47.0 Å². The molecule has 106 valence electrons. The molecule has 0 amide bonds. The zero-order valence-corrected chi connectivity index (χ0v) is 12.2. The summed E-state index contributed by atoms with van der Waals surface area (Å²) in [6, 6.07) is 8.52. The summed E-state index contributed by atoms with van der Waals surface area (Å²) in [7, 11) is 3.42. The molecule has 4 nitrogen and oxygen atoms in total. The van der Waals surface area contributed by atoms with Gasteiger partial charge in [0.05, 0.1) is 18.1 Å². The first-order valence-corrected chi connectivity index (χ1v) is 7.12. The Labute approximate surface area is 121 Å². The van der Waals surface area contributed by atoms with Crippen LogP contribution in [0, 0.1) is 5.82 Å². The normalized spacial score (nSPS) is 10.6. The summed E-state index contributed by atoms with van der Waals surface area (Å²) >= 11 is 1.38. The van der Waals surface area contributed by atoms with E-state index >= 15 is 0 Å². The van der Waals surface area contributed by atoms with Crippen LogP contribution in [0.5, 0.6) is 0 Å². The summed E-state index contributed by atoms with van der Waals surface area (Å²) in [5.74, 6) is 1.67. The maximum absolute atomic E-state index is 13.5. The second kappa shape index (κ2) is 7.21. The van der Waals surface area contributed by atoms with E-state index in [1.807, 2.05) is 12.1 Å². The Balaban J connectivity index is 2.12. The number of methoxy groups -OCH3 is 1. The molecule has 1 aromatic heterocycles. The first-order chi connectivity index (χ1) is 9.72. The Morgan fingerprint density at radius 3 is 2.80 bits per heavy atom. The summed E-state index contributed by atoms with van der Waals surface area (Å²) in [4.78, 5) is 9.35. The van der Waals surface area contributed by atoms with Gasteiger partial charge in [-0.25, -0.2) is 14.4 Å². The molecule has 0 aliphatic heterocycles. The number of aromatic nitrogens is 2. The minimum absolute atomic E-state index is 0.223. The molecule has 0 bridgehead atoms. The molecule has 0 fully saturated rings. The Morgan fingerprint density at radius 1 is 1.30 bits per heavy atom. The van der Waals surface area contributed by atoms with E-state index in [1.54, 1.807) is 26.3 Å². The van der Waals surface area contributed by atoms with Gasteiger partial charge in [0.15, 0.2) is 0 Å². The molecular formula is C14H16FN3OS. The van der Waals surface area contributed by atoms with Gasteiger partial charge in [0, 0.05) is 25.1 Å². The van der Waals surface area contributed by atoms with Crippen LogP contribution in [0.4, 0.5) is 10.2 Å². The van der Waals surface area contributed by atoms with Gasteiger partial charge in [-0.2, -0.15) is 0 Å². The summed E-state index contributed by atoms with van der Waals surface area (Å²) in [5.41, 5.74) is 0.802. The van der Waals surface area contributed by atoms with Crippen molar-refractivity contribution in [2.45, 2.75) is 17.3 Å². The lowest BCUT2D eigenvalue weighted by molar-refractivity contribution is 0.181. The molecule has 0 spiro atoms. The van der Waals surface area contributed by atoms with Crippen molar-refractivity contribution in [3.8, 4) is 0 Å². The number of halogens is 1. The molecule has 0 radical (unpaired) electrons. The lowest BCUT2D eigenvalue weighted by Gasteiger charge is -2.07. The summed E-state index contributed by atoms with van der Waals surface area (Å²) in [6.45, 7) is 0.425. The van der Waals surface area contributed by atoms with E-state index in [9.17, 15) is 4.39 Å². The van der Waals surface area contributed by atoms with Crippen molar-refractivity contribution in [1.29, 1.82) is 0 Å². The highest BCUT2D eigenvalue weighted by atomic mass is 32.2. The number of rotatable bonds is 6. The molecule has 0 unspecified atom stereocenters. The van der Waals surface area contributed by atoms with Crippen molar-refractivity contribution in [3.05, 3.63) is 47.7 Å². The molecule has 2 aromatic rings. The minimum Gasteiger partial charge on any atom is -0.378 e. The second-order valence-corrected chi connectivity index (χ2v) is 5.08. The van der Waals surface area contributed by atoms with Crippen LogP contribution in [-0.2, 0) is 17.1 Å². The van der Waals surface area contributed by atoms with Crippen molar-refractivity contribution < 1.29 is 9.13 Å². The van der Waals surface area contributed by atoms with E-state index in [0.29, 0.717) is 23.1 Å². The van der Waals surface area contributed by atoms with Crippen LogP contribution < -0.4 is 5.32 Å². The number of anilines is 1. The van der Waals surface area contributed by atoms with E-state index in [2.05, 4.69) is 15.3 Å². The maximum atomic E-state index is 13.5. The van der Waals surface area contributed by atoms with Crippen molar-refractivity contribution in [2.24, 2.45) is 0 Å².